The molecule has 3 rings (SSSR count). The van der Waals surface area contributed by atoms with E-state index in [1.165, 1.54) is 0 Å². The molecule has 3 aliphatic rings. The smallest absolute Gasteiger partial charge is 0.163 e. The van der Waals surface area contributed by atoms with E-state index in [-0.39, 0.29) is 31.0 Å². The SMILES string of the molecule is CC1(C)OC[C@H](C2C[C@]3(CO)OC(CCC#N)CC[C@@H]3O2)O1. The van der Waals surface area contributed by atoms with Gasteiger partial charge in [-0.2, -0.15) is 5.26 Å². The van der Waals surface area contributed by atoms with E-state index >= 15 is 0 Å². The van der Waals surface area contributed by atoms with E-state index < -0.39 is 11.4 Å². The molecule has 0 radical (unpaired) electrons. The van der Waals surface area contributed by atoms with Gasteiger partial charge in [0, 0.05) is 12.8 Å². The summed E-state index contributed by atoms with van der Waals surface area (Å²) in [6, 6.07) is 2.16. The summed E-state index contributed by atoms with van der Waals surface area (Å²) in [4.78, 5) is 0. The Hall–Kier alpha value is -0.710. The Morgan fingerprint density at radius 3 is 2.68 bits per heavy atom. The normalized spacial score (nSPS) is 43.7. The molecule has 1 N–H and O–H groups in total. The van der Waals surface area contributed by atoms with Crippen molar-refractivity contribution in [3.63, 3.8) is 0 Å². The zero-order valence-electron chi connectivity index (χ0n) is 13.3. The van der Waals surface area contributed by atoms with Gasteiger partial charge in [0.1, 0.15) is 11.7 Å². The van der Waals surface area contributed by atoms with Crippen molar-refractivity contribution < 1.29 is 24.1 Å². The number of rotatable bonds is 4. The maximum atomic E-state index is 9.92. The lowest BCUT2D eigenvalue weighted by atomic mass is 9.86. The Kier molecular flexibility index (Phi) is 4.45. The second kappa shape index (κ2) is 6.06. The molecule has 3 aliphatic heterocycles. The summed E-state index contributed by atoms with van der Waals surface area (Å²) in [5.41, 5.74) is -0.654. The minimum absolute atomic E-state index is 0.0302. The number of fused-ring (bicyclic) bond motifs is 1. The summed E-state index contributed by atoms with van der Waals surface area (Å²) in [5.74, 6) is -0.579. The van der Waals surface area contributed by atoms with Gasteiger partial charge in [-0.1, -0.05) is 0 Å². The quantitative estimate of drug-likeness (QED) is 0.847. The molecule has 0 aromatic rings. The van der Waals surface area contributed by atoms with Crippen LogP contribution in [0.15, 0.2) is 0 Å². The Labute approximate surface area is 131 Å². The van der Waals surface area contributed by atoms with Crippen molar-refractivity contribution in [3.8, 4) is 6.07 Å². The number of hydrogen-bond donors (Lipinski definition) is 1. The first-order chi connectivity index (χ1) is 10.5. The van der Waals surface area contributed by atoms with Gasteiger partial charge in [-0.05, 0) is 33.1 Å². The third-order valence-corrected chi connectivity index (χ3v) is 4.92. The van der Waals surface area contributed by atoms with Crippen molar-refractivity contribution in [3.05, 3.63) is 0 Å². The highest BCUT2D eigenvalue weighted by molar-refractivity contribution is 5.03. The van der Waals surface area contributed by atoms with E-state index in [0.717, 1.165) is 12.8 Å². The molecule has 2 unspecified atom stereocenters. The van der Waals surface area contributed by atoms with Crippen LogP contribution < -0.4 is 0 Å². The molecule has 22 heavy (non-hydrogen) atoms. The van der Waals surface area contributed by atoms with Gasteiger partial charge in [0.2, 0.25) is 0 Å². The molecule has 0 amide bonds. The Morgan fingerprint density at radius 1 is 1.23 bits per heavy atom. The lowest BCUT2D eigenvalue weighted by Gasteiger charge is -2.40. The summed E-state index contributed by atoms with van der Waals surface area (Å²) in [5, 5.41) is 18.6. The topological polar surface area (TPSA) is 80.9 Å². The molecule has 6 heteroatoms. The van der Waals surface area contributed by atoms with E-state index in [9.17, 15) is 5.11 Å². The zero-order valence-corrected chi connectivity index (χ0v) is 13.3. The summed E-state index contributed by atoms with van der Waals surface area (Å²) in [6.07, 6.45) is 3.22. The molecular formula is C16H25NO5. The van der Waals surface area contributed by atoms with Gasteiger partial charge < -0.3 is 24.1 Å². The van der Waals surface area contributed by atoms with Crippen LogP contribution in [0, 0.1) is 11.3 Å². The highest BCUT2D eigenvalue weighted by Crippen LogP contribution is 2.44. The van der Waals surface area contributed by atoms with Gasteiger partial charge in [-0.3, -0.25) is 0 Å². The molecule has 124 valence electrons. The summed E-state index contributed by atoms with van der Waals surface area (Å²) >= 11 is 0. The third-order valence-electron chi connectivity index (χ3n) is 4.92. The van der Waals surface area contributed by atoms with E-state index in [2.05, 4.69) is 6.07 Å². The van der Waals surface area contributed by atoms with Crippen LogP contribution in [0.25, 0.3) is 0 Å². The van der Waals surface area contributed by atoms with E-state index in [0.29, 0.717) is 25.9 Å². The summed E-state index contributed by atoms with van der Waals surface area (Å²) in [6.45, 7) is 4.23. The van der Waals surface area contributed by atoms with Crippen LogP contribution >= 0.6 is 0 Å². The molecule has 3 saturated heterocycles. The highest BCUT2D eigenvalue weighted by atomic mass is 16.8. The Balaban J connectivity index is 1.66. The molecule has 0 aromatic heterocycles. The summed E-state index contributed by atoms with van der Waals surface area (Å²) < 4.78 is 23.8. The predicted molar refractivity (Wildman–Crippen MR) is 77.0 cm³/mol. The van der Waals surface area contributed by atoms with Gasteiger partial charge >= 0.3 is 0 Å². The molecule has 0 bridgehead atoms. The standard InChI is InChI=1S/C16H25NO5/c1-15(2)19-9-13(22-15)12-8-16(10-18)14(20-12)6-5-11(21-16)4-3-7-17/h11-14,18H,3-6,8-10H2,1-2H3/t11?,12?,13-,14+,16-/m1/s1. The molecule has 0 aliphatic carbocycles. The average molecular weight is 311 g/mol. The fourth-order valence-corrected chi connectivity index (χ4v) is 3.79. The van der Waals surface area contributed by atoms with Crippen LogP contribution in [0.3, 0.4) is 0 Å². The Morgan fingerprint density at radius 2 is 2.05 bits per heavy atom. The van der Waals surface area contributed by atoms with Gasteiger partial charge in [0.15, 0.2) is 5.79 Å². The second-order valence-corrected chi connectivity index (χ2v) is 6.97. The number of aliphatic hydroxyl groups excluding tert-OH is 1. The van der Waals surface area contributed by atoms with Crippen molar-refractivity contribution in [2.75, 3.05) is 13.2 Å². The molecular weight excluding hydrogens is 286 g/mol. The highest BCUT2D eigenvalue weighted by Gasteiger charge is 2.55. The number of nitrogens with zero attached hydrogens (tertiary/aromatic N) is 1. The maximum Gasteiger partial charge on any atom is 0.163 e. The van der Waals surface area contributed by atoms with E-state index in [1.54, 1.807) is 0 Å². The minimum atomic E-state index is -0.654. The number of ether oxygens (including phenoxy) is 4. The van der Waals surface area contributed by atoms with Crippen LogP contribution in [-0.2, 0) is 18.9 Å². The average Bonchev–Trinajstić information content (AvgIpc) is 3.05. The lowest BCUT2D eigenvalue weighted by Crippen LogP contribution is -2.51. The molecule has 6 nitrogen and oxygen atoms in total. The lowest BCUT2D eigenvalue weighted by molar-refractivity contribution is -0.187. The number of aliphatic hydroxyl groups is 1. The van der Waals surface area contributed by atoms with Crippen LogP contribution in [0.4, 0.5) is 0 Å². The number of hydrogen-bond acceptors (Lipinski definition) is 6. The maximum absolute atomic E-state index is 9.92. The summed E-state index contributed by atoms with van der Waals surface area (Å²) in [7, 11) is 0. The largest absolute Gasteiger partial charge is 0.393 e. The van der Waals surface area contributed by atoms with Crippen molar-refractivity contribution in [2.24, 2.45) is 0 Å². The van der Waals surface area contributed by atoms with Gasteiger partial charge in [0.25, 0.3) is 0 Å². The first-order valence-corrected chi connectivity index (χ1v) is 8.11. The fourth-order valence-electron chi connectivity index (χ4n) is 3.79. The first-order valence-electron chi connectivity index (χ1n) is 8.11. The molecule has 3 fully saturated rings. The monoisotopic (exact) mass is 311 g/mol. The number of nitriles is 1. The van der Waals surface area contributed by atoms with Crippen molar-refractivity contribution in [1.82, 2.24) is 0 Å². The van der Waals surface area contributed by atoms with Crippen molar-refractivity contribution in [2.45, 2.75) is 81.8 Å². The second-order valence-electron chi connectivity index (χ2n) is 6.97. The van der Waals surface area contributed by atoms with Gasteiger partial charge in [-0.25, -0.2) is 0 Å². The molecule has 0 spiro atoms. The molecule has 3 heterocycles. The Bertz CT molecular complexity index is 448. The van der Waals surface area contributed by atoms with Crippen LogP contribution in [0.5, 0.6) is 0 Å². The van der Waals surface area contributed by atoms with E-state index in [4.69, 9.17) is 24.2 Å². The van der Waals surface area contributed by atoms with Crippen LogP contribution in [0.1, 0.15) is 46.0 Å². The predicted octanol–water partition coefficient (Wildman–Crippen LogP) is 1.51. The first kappa shape index (κ1) is 16.2. The van der Waals surface area contributed by atoms with Crippen molar-refractivity contribution >= 4 is 0 Å². The van der Waals surface area contributed by atoms with Crippen LogP contribution in [0.2, 0.25) is 0 Å². The van der Waals surface area contributed by atoms with Gasteiger partial charge in [0.05, 0.1) is 37.6 Å². The fraction of sp³-hybridized carbons (Fsp3) is 0.938. The van der Waals surface area contributed by atoms with Crippen molar-refractivity contribution in [1.29, 1.82) is 5.26 Å². The van der Waals surface area contributed by atoms with Crippen LogP contribution in [-0.4, -0.2) is 54.1 Å². The molecule has 5 atom stereocenters. The van der Waals surface area contributed by atoms with E-state index in [1.807, 2.05) is 13.8 Å². The zero-order chi connectivity index (χ0) is 15.8. The minimum Gasteiger partial charge on any atom is -0.393 e. The molecule has 0 saturated carbocycles. The molecule has 0 aromatic carbocycles. The third kappa shape index (κ3) is 3.01. The van der Waals surface area contributed by atoms with Gasteiger partial charge in [-0.15, -0.1) is 0 Å².